The van der Waals surface area contributed by atoms with E-state index in [4.69, 9.17) is 16.3 Å². The lowest BCUT2D eigenvalue weighted by Crippen LogP contribution is -2.48. The molecule has 0 saturated carbocycles. The van der Waals surface area contributed by atoms with E-state index in [9.17, 15) is 9.90 Å². The van der Waals surface area contributed by atoms with Gasteiger partial charge in [-0.05, 0) is 51.2 Å². The molecule has 0 unspecified atom stereocenters. The van der Waals surface area contributed by atoms with Crippen LogP contribution < -0.4 is 4.74 Å². The average molecular weight is 472 g/mol. The third-order valence-electron chi connectivity index (χ3n) is 6.49. The maximum atomic E-state index is 13.3. The number of halogens is 1. The van der Waals surface area contributed by atoms with Crippen LogP contribution in [-0.4, -0.2) is 65.1 Å². The molecular formula is C24H26ClN3O3S. The van der Waals surface area contributed by atoms with Crippen molar-refractivity contribution in [3.05, 3.63) is 45.9 Å². The first-order chi connectivity index (χ1) is 15.4. The van der Waals surface area contributed by atoms with E-state index in [1.54, 1.807) is 6.20 Å². The van der Waals surface area contributed by atoms with Crippen molar-refractivity contribution < 1.29 is 14.6 Å². The number of carbonyl (C=O) groups is 1. The quantitative estimate of drug-likeness (QED) is 0.623. The van der Waals surface area contributed by atoms with Crippen molar-refractivity contribution in [2.24, 2.45) is 0 Å². The number of piperidine rings is 1. The third kappa shape index (κ3) is 3.88. The summed E-state index contributed by atoms with van der Waals surface area (Å²) in [5.41, 5.74) is 3.61. The number of rotatable bonds is 4. The molecule has 168 valence electrons. The van der Waals surface area contributed by atoms with Crippen LogP contribution in [0.1, 0.15) is 23.3 Å². The zero-order chi connectivity index (χ0) is 22.4. The number of carbonyl (C=O) groups excluding carboxylic acids is 1. The lowest BCUT2D eigenvalue weighted by Gasteiger charge is -2.36. The Hall–Kier alpha value is -2.19. The van der Waals surface area contributed by atoms with Gasteiger partial charge in [0.25, 0.3) is 5.91 Å². The molecule has 1 amide bonds. The van der Waals surface area contributed by atoms with Crippen LogP contribution in [0.3, 0.4) is 0 Å². The number of fused-ring (bicyclic) bond motifs is 2. The molecule has 1 saturated heterocycles. The maximum absolute atomic E-state index is 13.3. The minimum absolute atomic E-state index is 0.0221. The monoisotopic (exact) mass is 471 g/mol. The number of aliphatic hydroxyl groups excluding tert-OH is 1. The van der Waals surface area contributed by atoms with Gasteiger partial charge in [-0.1, -0.05) is 11.6 Å². The normalized spacial score (nSPS) is 18.9. The molecule has 2 aliphatic rings. The number of aromatic nitrogens is 1. The van der Waals surface area contributed by atoms with E-state index < -0.39 is 6.10 Å². The van der Waals surface area contributed by atoms with Crippen LogP contribution in [0, 0.1) is 0 Å². The number of hydrogen-bond acceptors (Lipinski definition) is 6. The Balaban J connectivity index is 1.44. The fourth-order valence-electron chi connectivity index (χ4n) is 4.75. The standard InChI is InChI=1S/C24H26ClN3O3S/c1-27(2)16-4-7-28(8-5-16)24(30)21-10-14-9-15(25)11-19(22(14)31-21)18-3-6-26-20-12-17(13-29)32-23(18)20/h3,6,9,11-12,16,21,29H,4-5,7-8,10,13H2,1-2H3/t21-/m1/s1. The van der Waals surface area contributed by atoms with Crippen molar-refractivity contribution in [2.45, 2.75) is 38.0 Å². The topological polar surface area (TPSA) is 65.9 Å². The molecule has 1 fully saturated rings. The Morgan fingerprint density at radius 3 is 2.78 bits per heavy atom. The van der Waals surface area contributed by atoms with Gasteiger partial charge < -0.3 is 19.6 Å². The highest BCUT2D eigenvalue weighted by molar-refractivity contribution is 7.19. The number of nitrogens with zero attached hydrogens (tertiary/aromatic N) is 3. The van der Waals surface area contributed by atoms with Gasteiger partial charge in [0.2, 0.25) is 0 Å². The van der Waals surface area contributed by atoms with Gasteiger partial charge in [0.1, 0.15) is 5.75 Å². The van der Waals surface area contributed by atoms with E-state index in [0.717, 1.165) is 63.5 Å². The van der Waals surface area contributed by atoms with E-state index in [-0.39, 0.29) is 12.5 Å². The molecule has 0 aliphatic carbocycles. The zero-order valence-electron chi connectivity index (χ0n) is 18.2. The first-order valence-corrected chi connectivity index (χ1v) is 12.1. The van der Waals surface area contributed by atoms with Crippen molar-refractivity contribution in [3.63, 3.8) is 0 Å². The second-order valence-electron chi connectivity index (χ2n) is 8.72. The highest BCUT2D eigenvalue weighted by atomic mass is 35.5. The molecule has 32 heavy (non-hydrogen) atoms. The first-order valence-electron chi connectivity index (χ1n) is 10.9. The minimum atomic E-state index is -0.521. The third-order valence-corrected chi connectivity index (χ3v) is 7.85. The molecule has 8 heteroatoms. The molecule has 0 radical (unpaired) electrons. The Bertz CT molecular complexity index is 1170. The van der Waals surface area contributed by atoms with Crippen LogP contribution in [0.25, 0.3) is 21.3 Å². The second-order valence-corrected chi connectivity index (χ2v) is 10.3. The van der Waals surface area contributed by atoms with Crippen molar-refractivity contribution in [1.82, 2.24) is 14.8 Å². The van der Waals surface area contributed by atoms with Crippen LogP contribution >= 0.6 is 22.9 Å². The smallest absolute Gasteiger partial charge is 0.263 e. The summed E-state index contributed by atoms with van der Waals surface area (Å²) >= 11 is 7.99. The Kier molecular flexibility index (Phi) is 5.84. The van der Waals surface area contributed by atoms with Gasteiger partial charge in [0.15, 0.2) is 6.10 Å². The number of amides is 1. The molecule has 5 rings (SSSR count). The summed E-state index contributed by atoms with van der Waals surface area (Å²) in [6, 6.07) is 8.16. The molecular weight excluding hydrogens is 446 g/mol. The second kappa shape index (κ2) is 8.63. The largest absolute Gasteiger partial charge is 0.479 e. The lowest BCUT2D eigenvalue weighted by atomic mass is 10.00. The van der Waals surface area contributed by atoms with Gasteiger partial charge in [0, 0.05) is 58.3 Å². The van der Waals surface area contributed by atoms with Gasteiger partial charge in [-0.3, -0.25) is 9.78 Å². The molecule has 0 spiro atoms. The maximum Gasteiger partial charge on any atom is 0.263 e. The van der Waals surface area contributed by atoms with Crippen LogP contribution in [0.2, 0.25) is 5.02 Å². The highest BCUT2D eigenvalue weighted by Crippen LogP contribution is 2.44. The molecule has 1 atom stereocenters. The summed E-state index contributed by atoms with van der Waals surface area (Å²) in [6.07, 6.45) is 3.72. The summed E-state index contributed by atoms with van der Waals surface area (Å²) in [5, 5.41) is 10.2. The molecule has 4 heterocycles. The Morgan fingerprint density at radius 1 is 1.28 bits per heavy atom. The summed E-state index contributed by atoms with van der Waals surface area (Å²) in [4.78, 5) is 22.7. The van der Waals surface area contributed by atoms with Crippen molar-refractivity contribution >= 4 is 39.1 Å². The molecule has 1 N–H and O–H groups in total. The number of benzene rings is 1. The van der Waals surface area contributed by atoms with Crippen molar-refractivity contribution in [1.29, 1.82) is 0 Å². The van der Waals surface area contributed by atoms with E-state index in [1.165, 1.54) is 11.3 Å². The molecule has 1 aromatic carbocycles. The van der Waals surface area contributed by atoms with Crippen LogP contribution in [0.15, 0.2) is 30.5 Å². The minimum Gasteiger partial charge on any atom is -0.479 e. The molecule has 2 aromatic heterocycles. The van der Waals surface area contributed by atoms with Gasteiger partial charge in [-0.15, -0.1) is 11.3 Å². The number of ether oxygens (including phenoxy) is 1. The molecule has 6 nitrogen and oxygen atoms in total. The number of likely N-dealkylation sites (tertiary alicyclic amines) is 1. The van der Waals surface area contributed by atoms with E-state index >= 15 is 0 Å². The van der Waals surface area contributed by atoms with Crippen molar-refractivity contribution in [2.75, 3.05) is 27.2 Å². The fourth-order valence-corrected chi connectivity index (χ4v) is 5.99. The lowest BCUT2D eigenvalue weighted by molar-refractivity contribution is -0.139. The van der Waals surface area contributed by atoms with Gasteiger partial charge in [-0.25, -0.2) is 0 Å². The van der Waals surface area contributed by atoms with Gasteiger partial charge >= 0.3 is 0 Å². The summed E-state index contributed by atoms with van der Waals surface area (Å²) in [6.45, 7) is 1.50. The summed E-state index contributed by atoms with van der Waals surface area (Å²) in [5.74, 6) is 0.779. The predicted molar refractivity (Wildman–Crippen MR) is 127 cm³/mol. The van der Waals surface area contributed by atoms with E-state index in [1.807, 2.05) is 29.2 Å². The summed E-state index contributed by atoms with van der Waals surface area (Å²) < 4.78 is 7.27. The van der Waals surface area contributed by atoms with Crippen molar-refractivity contribution in [3.8, 4) is 16.9 Å². The van der Waals surface area contributed by atoms with Crippen LogP contribution in [-0.2, 0) is 17.8 Å². The average Bonchev–Trinajstić information content (AvgIpc) is 3.41. The fraction of sp³-hybridized carbons (Fsp3) is 0.417. The van der Waals surface area contributed by atoms with E-state index in [0.29, 0.717) is 17.5 Å². The van der Waals surface area contributed by atoms with Gasteiger partial charge in [-0.2, -0.15) is 0 Å². The van der Waals surface area contributed by atoms with Crippen LogP contribution in [0.4, 0.5) is 0 Å². The number of thiophene rings is 1. The highest BCUT2D eigenvalue weighted by Gasteiger charge is 2.36. The Morgan fingerprint density at radius 2 is 2.06 bits per heavy atom. The van der Waals surface area contributed by atoms with Gasteiger partial charge in [0.05, 0.1) is 16.8 Å². The van der Waals surface area contributed by atoms with Crippen LogP contribution in [0.5, 0.6) is 5.75 Å². The predicted octanol–water partition coefficient (Wildman–Crippen LogP) is 3.97. The SMILES string of the molecule is CN(C)C1CCN(C(=O)[C@H]2Cc3cc(Cl)cc(-c4ccnc5cc(CO)sc45)c3O2)CC1. The number of pyridine rings is 1. The summed E-state index contributed by atoms with van der Waals surface area (Å²) in [7, 11) is 4.19. The molecule has 3 aromatic rings. The molecule has 2 aliphatic heterocycles. The molecule has 0 bridgehead atoms. The number of hydrogen-bond donors (Lipinski definition) is 1. The Labute approximate surface area is 196 Å². The first kappa shape index (κ1) is 21.6. The number of aliphatic hydroxyl groups is 1. The van der Waals surface area contributed by atoms with E-state index in [2.05, 4.69) is 24.0 Å². The zero-order valence-corrected chi connectivity index (χ0v) is 19.7.